The third-order valence-corrected chi connectivity index (χ3v) is 7.53. The Hall–Kier alpha value is -2.50. The molecule has 1 aliphatic rings. The first kappa shape index (κ1) is 18.8. The molecule has 1 saturated heterocycles. The van der Waals surface area contributed by atoms with Crippen molar-refractivity contribution in [1.29, 1.82) is 0 Å². The van der Waals surface area contributed by atoms with E-state index in [2.05, 4.69) is 10.3 Å². The molecule has 1 aromatic carbocycles. The minimum atomic E-state index is -3.53. The van der Waals surface area contributed by atoms with Crippen LogP contribution in [0, 0.1) is 17.0 Å². The van der Waals surface area contributed by atoms with Gasteiger partial charge >= 0.3 is 5.82 Å². The molecule has 148 valence electrons. The van der Waals surface area contributed by atoms with Gasteiger partial charge in [-0.25, -0.2) is 8.42 Å². The van der Waals surface area contributed by atoms with Crippen molar-refractivity contribution in [2.45, 2.75) is 30.7 Å². The predicted molar refractivity (Wildman–Crippen MR) is 106 cm³/mol. The van der Waals surface area contributed by atoms with Crippen molar-refractivity contribution in [3.63, 3.8) is 0 Å². The second kappa shape index (κ2) is 7.15. The largest absolute Gasteiger partial charge is 0.372 e. The Kier molecular flexibility index (Phi) is 4.81. The molecule has 2 aromatic heterocycles. The van der Waals surface area contributed by atoms with Crippen LogP contribution in [-0.4, -0.2) is 46.2 Å². The minimum absolute atomic E-state index is 0.0761. The van der Waals surface area contributed by atoms with Gasteiger partial charge in [0.15, 0.2) is 0 Å². The van der Waals surface area contributed by atoms with E-state index in [1.165, 1.54) is 20.0 Å². The Balaban J connectivity index is 1.46. The average Bonchev–Trinajstić information content (AvgIpc) is 3.23. The van der Waals surface area contributed by atoms with Gasteiger partial charge in [0.05, 0.1) is 4.90 Å². The lowest BCUT2D eigenvalue weighted by Gasteiger charge is -2.31. The minimum Gasteiger partial charge on any atom is -0.360 e. The Bertz CT molecular complexity index is 1110. The van der Waals surface area contributed by atoms with Gasteiger partial charge in [-0.05, 0) is 36.8 Å². The summed E-state index contributed by atoms with van der Waals surface area (Å²) >= 11 is 1.32. The molecule has 0 bridgehead atoms. The van der Waals surface area contributed by atoms with Gasteiger partial charge in [-0.3, -0.25) is 0 Å². The average molecular weight is 422 g/mol. The normalized spacial score (nSPS) is 16.5. The molecular formula is C17H19N5O4S2. The maximum absolute atomic E-state index is 12.8. The molecule has 0 atom stereocenters. The third kappa shape index (κ3) is 3.36. The van der Waals surface area contributed by atoms with Gasteiger partial charge in [-0.1, -0.05) is 29.0 Å². The predicted octanol–water partition coefficient (Wildman–Crippen LogP) is 2.88. The molecule has 0 radical (unpaired) electrons. The Labute approximate surface area is 165 Å². The number of anilines is 1. The number of thiazole rings is 1. The standard InChI is InChI=1S/C17H19N5O4S2/c1-12-2-4-14(5-3-12)28(25,26)20-8-6-13(7-9-20)18-15-16(22(23)24)21-10-11-27-17(21)19-15/h2-5,10-11,13,18H,6-9H2,1H3. The van der Waals surface area contributed by atoms with E-state index in [9.17, 15) is 18.5 Å². The van der Waals surface area contributed by atoms with Crippen molar-refractivity contribution < 1.29 is 13.3 Å². The number of nitrogens with zero attached hydrogens (tertiary/aromatic N) is 4. The van der Waals surface area contributed by atoms with Crippen LogP contribution in [0.15, 0.2) is 40.7 Å². The number of piperidine rings is 1. The van der Waals surface area contributed by atoms with E-state index in [4.69, 9.17) is 0 Å². The monoisotopic (exact) mass is 421 g/mol. The second-order valence-electron chi connectivity index (χ2n) is 6.73. The lowest BCUT2D eigenvalue weighted by molar-refractivity contribution is -0.389. The summed E-state index contributed by atoms with van der Waals surface area (Å²) in [6, 6.07) is 6.73. The van der Waals surface area contributed by atoms with Crippen LogP contribution < -0.4 is 5.32 Å². The summed E-state index contributed by atoms with van der Waals surface area (Å²) in [4.78, 5) is 16.1. The number of hydrogen-bond donors (Lipinski definition) is 1. The number of hydrogen-bond acceptors (Lipinski definition) is 7. The van der Waals surface area contributed by atoms with Crippen LogP contribution in [0.1, 0.15) is 18.4 Å². The number of nitrogens with one attached hydrogen (secondary N) is 1. The van der Waals surface area contributed by atoms with Crippen LogP contribution in [0.25, 0.3) is 4.96 Å². The van der Waals surface area contributed by atoms with Gasteiger partial charge in [0.25, 0.3) is 4.96 Å². The van der Waals surface area contributed by atoms with Crippen LogP contribution in [0.4, 0.5) is 11.6 Å². The molecule has 1 aliphatic heterocycles. The van der Waals surface area contributed by atoms with Crippen LogP contribution in [0.5, 0.6) is 0 Å². The molecule has 4 rings (SSSR count). The first-order valence-electron chi connectivity index (χ1n) is 8.79. The highest BCUT2D eigenvalue weighted by molar-refractivity contribution is 7.89. The summed E-state index contributed by atoms with van der Waals surface area (Å²) in [6.45, 7) is 2.61. The smallest absolute Gasteiger partial charge is 0.360 e. The topological polar surface area (TPSA) is 110 Å². The quantitative estimate of drug-likeness (QED) is 0.501. The van der Waals surface area contributed by atoms with Gasteiger partial charge in [0.2, 0.25) is 15.8 Å². The second-order valence-corrected chi connectivity index (χ2v) is 9.54. The molecule has 1 fully saturated rings. The number of fused-ring (bicyclic) bond motifs is 1. The zero-order chi connectivity index (χ0) is 19.9. The lowest BCUT2D eigenvalue weighted by Crippen LogP contribution is -2.42. The summed E-state index contributed by atoms with van der Waals surface area (Å²) in [5.41, 5.74) is 1.00. The number of aryl methyl sites for hydroxylation is 1. The molecule has 0 amide bonds. The number of benzene rings is 1. The van der Waals surface area contributed by atoms with Crippen molar-refractivity contribution in [3.05, 3.63) is 51.5 Å². The molecule has 1 N–H and O–H groups in total. The Morgan fingerprint density at radius 3 is 2.57 bits per heavy atom. The van der Waals surface area contributed by atoms with Crippen molar-refractivity contribution in [2.24, 2.45) is 0 Å². The molecule has 3 aromatic rings. The maximum atomic E-state index is 12.8. The van der Waals surface area contributed by atoms with Crippen molar-refractivity contribution in [1.82, 2.24) is 13.7 Å². The first-order valence-corrected chi connectivity index (χ1v) is 11.1. The van der Waals surface area contributed by atoms with E-state index in [0.29, 0.717) is 30.9 Å². The molecule has 0 unspecified atom stereocenters. The fourth-order valence-corrected chi connectivity index (χ4v) is 5.52. The number of sulfonamides is 1. The van der Waals surface area contributed by atoms with Gasteiger partial charge in [0, 0.05) is 24.5 Å². The van der Waals surface area contributed by atoms with Gasteiger partial charge in [-0.15, -0.1) is 0 Å². The number of aromatic nitrogens is 2. The van der Waals surface area contributed by atoms with Crippen LogP contribution in [-0.2, 0) is 10.0 Å². The number of nitro groups is 1. The van der Waals surface area contributed by atoms with E-state index < -0.39 is 14.9 Å². The van der Waals surface area contributed by atoms with Gasteiger partial charge in [0.1, 0.15) is 6.20 Å². The fraction of sp³-hybridized carbons (Fsp3) is 0.353. The van der Waals surface area contributed by atoms with Gasteiger partial charge < -0.3 is 15.4 Å². The molecule has 28 heavy (non-hydrogen) atoms. The summed E-state index contributed by atoms with van der Waals surface area (Å²) in [5, 5.41) is 16.3. The summed E-state index contributed by atoms with van der Waals surface area (Å²) in [5.74, 6) is 0.141. The van der Waals surface area contributed by atoms with Crippen LogP contribution in [0.2, 0.25) is 0 Å². The van der Waals surface area contributed by atoms with Crippen LogP contribution in [0.3, 0.4) is 0 Å². The van der Waals surface area contributed by atoms with Crippen molar-refractivity contribution in [3.8, 4) is 0 Å². The molecule has 0 saturated carbocycles. The summed E-state index contributed by atoms with van der Waals surface area (Å²) in [6.07, 6.45) is 2.72. The zero-order valence-corrected chi connectivity index (χ0v) is 16.7. The van der Waals surface area contributed by atoms with Crippen molar-refractivity contribution in [2.75, 3.05) is 18.4 Å². The molecule has 9 nitrogen and oxygen atoms in total. The first-order chi connectivity index (χ1) is 13.4. The maximum Gasteiger partial charge on any atom is 0.372 e. The Morgan fingerprint density at radius 1 is 1.25 bits per heavy atom. The van der Waals surface area contributed by atoms with Gasteiger partial charge in [-0.2, -0.15) is 13.7 Å². The summed E-state index contributed by atoms with van der Waals surface area (Å²) in [7, 11) is -3.53. The molecule has 3 heterocycles. The highest BCUT2D eigenvalue weighted by atomic mass is 32.2. The highest BCUT2D eigenvalue weighted by Gasteiger charge is 2.31. The molecule has 0 aliphatic carbocycles. The van der Waals surface area contributed by atoms with Crippen molar-refractivity contribution >= 4 is 38.0 Å². The van der Waals surface area contributed by atoms with E-state index in [0.717, 1.165) is 5.56 Å². The Morgan fingerprint density at radius 2 is 1.93 bits per heavy atom. The van der Waals surface area contributed by atoms with E-state index in [-0.39, 0.29) is 22.6 Å². The zero-order valence-electron chi connectivity index (χ0n) is 15.1. The lowest BCUT2D eigenvalue weighted by atomic mass is 10.1. The highest BCUT2D eigenvalue weighted by Crippen LogP contribution is 2.30. The summed E-state index contributed by atoms with van der Waals surface area (Å²) < 4.78 is 28.5. The molecule has 0 spiro atoms. The van der Waals surface area contributed by atoms with E-state index in [1.54, 1.807) is 35.8 Å². The van der Waals surface area contributed by atoms with E-state index >= 15 is 0 Å². The van der Waals surface area contributed by atoms with Crippen LogP contribution >= 0.6 is 11.3 Å². The van der Waals surface area contributed by atoms with E-state index in [1.807, 2.05) is 6.92 Å². The SMILES string of the molecule is Cc1ccc(S(=O)(=O)N2CCC(Nc3nc4sccn4c3[N+](=O)[O-])CC2)cc1. The number of rotatable bonds is 5. The third-order valence-electron chi connectivity index (χ3n) is 4.86. The number of imidazole rings is 1. The molecular weight excluding hydrogens is 402 g/mol. The molecule has 11 heteroatoms. The fourth-order valence-electron chi connectivity index (χ4n) is 3.34.